The number of hydrogen-bond donors (Lipinski definition) is 1. The lowest BCUT2D eigenvalue weighted by atomic mass is 10.3. The van der Waals surface area contributed by atoms with Gasteiger partial charge in [-0.25, -0.2) is 4.98 Å². The van der Waals surface area contributed by atoms with E-state index in [9.17, 15) is 0 Å². The monoisotopic (exact) mass is 163 g/mol. The molecule has 0 radical (unpaired) electrons. The van der Waals surface area contributed by atoms with E-state index < -0.39 is 0 Å². The van der Waals surface area contributed by atoms with Crippen LogP contribution in [0.25, 0.3) is 0 Å². The Hall–Kier alpha value is -1.38. The van der Waals surface area contributed by atoms with Crippen molar-refractivity contribution in [1.29, 1.82) is 0 Å². The zero-order valence-corrected chi connectivity index (χ0v) is 7.46. The Morgan fingerprint density at radius 2 is 2.25 bits per heavy atom. The van der Waals surface area contributed by atoms with Crippen molar-refractivity contribution in [2.24, 2.45) is 0 Å². The molecule has 0 atom stereocenters. The summed E-state index contributed by atoms with van der Waals surface area (Å²) >= 11 is 0. The van der Waals surface area contributed by atoms with E-state index in [2.05, 4.69) is 21.9 Å². The van der Waals surface area contributed by atoms with Gasteiger partial charge in [-0.1, -0.05) is 6.08 Å². The molecule has 1 aromatic rings. The van der Waals surface area contributed by atoms with Crippen molar-refractivity contribution in [3.05, 3.63) is 30.2 Å². The molecule has 1 aromatic heterocycles. The highest BCUT2D eigenvalue weighted by atomic mass is 15.0. The summed E-state index contributed by atoms with van der Waals surface area (Å²) in [5.41, 5.74) is 1.93. The van der Waals surface area contributed by atoms with E-state index in [0.29, 0.717) is 0 Å². The molecule has 0 unspecified atom stereocenters. The van der Waals surface area contributed by atoms with Gasteiger partial charge >= 0.3 is 0 Å². The molecule has 1 heterocycles. The van der Waals surface area contributed by atoms with E-state index in [1.165, 1.54) is 0 Å². The van der Waals surface area contributed by atoms with Gasteiger partial charge in [-0.3, -0.25) is 4.98 Å². The van der Waals surface area contributed by atoms with Gasteiger partial charge in [0.2, 0.25) is 0 Å². The first-order valence-corrected chi connectivity index (χ1v) is 3.89. The number of nitrogens with one attached hydrogen (secondary N) is 1. The van der Waals surface area contributed by atoms with Gasteiger partial charge in [-0.05, 0) is 13.8 Å². The number of anilines is 1. The van der Waals surface area contributed by atoms with E-state index in [4.69, 9.17) is 0 Å². The maximum absolute atomic E-state index is 4.29. The molecule has 0 fully saturated rings. The van der Waals surface area contributed by atoms with Gasteiger partial charge in [0.1, 0.15) is 5.82 Å². The molecule has 1 N–H and O–H groups in total. The third-order valence-corrected chi connectivity index (χ3v) is 1.62. The van der Waals surface area contributed by atoms with Crippen molar-refractivity contribution in [2.75, 3.05) is 11.9 Å². The molecule has 3 nitrogen and oxygen atoms in total. The second-order valence-electron chi connectivity index (χ2n) is 2.60. The van der Waals surface area contributed by atoms with Crippen LogP contribution >= 0.6 is 0 Å². The standard InChI is InChI=1S/C9H13N3/c1-4-5-10-9-6-11-7(2)8(3)12-9/h4,6H,1,5H2,2-3H3,(H,10,12). The molecule has 0 bridgehead atoms. The number of rotatable bonds is 3. The smallest absolute Gasteiger partial charge is 0.145 e. The Morgan fingerprint density at radius 1 is 1.50 bits per heavy atom. The SMILES string of the molecule is C=CCNc1cnc(C)c(C)n1. The summed E-state index contributed by atoms with van der Waals surface area (Å²) in [6, 6.07) is 0. The van der Waals surface area contributed by atoms with Crippen molar-refractivity contribution in [3.8, 4) is 0 Å². The predicted molar refractivity (Wildman–Crippen MR) is 50.2 cm³/mol. The molecular formula is C9H13N3. The van der Waals surface area contributed by atoms with Crippen LogP contribution in [0.2, 0.25) is 0 Å². The van der Waals surface area contributed by atoms with E-state index in [1.807, 2.05) is 13.8 Å². The summed E-state index contributed by atoms with van der Waals surface area (Å²) in [5, 5.41) is 3.07. The van der Waals surface area contributed by atoms with Gasteiger partial charge in [0, 0.05) is 6.54 Å². The van der Waals surface area contributed by atoms with Crippen molar-refractivity contribution in [2.45, 2.75) is 13.8 Å². The topological polar surface area (TPSA) is 37.8 Å². The van der Waals surface area contributed by atoms with Gasteiger partial charge < -0.3 is 5.32 Å². The lowest BCUT2D eigenvalue weighted by Crippen LogP contribution is -2.02. The minimum Gasteiger partial charge on any atom is -0.365 e. The number of aromatic nitrogens is 2. The van der Waals surface area contributed by atoms with Gasteiger partial charge in [0.15, 0.2) is 0 Å². The van der Waals surface area contributed by atoms with Crippen LogP contribution in [0.5, 0.6) is 0 Å². The second kappa shape index (κ2) is 3.85. The minimum absolute atomic E-state index is 0.719. The average Bonchev–Trinajstić information content (AvgIpc) is 2.07. The fourth-order valence-corrected chi connectivity index (χ4v) is 0.804. The van der Waals surface area contributed by atoms with Gasteiger partial charge in [-0.2, -0.15) is 0 Å². The van der Waals surface area contributed by atoms with E-state index in [1.54, 1.807) is 12.3 Å². The maximum atomic E-state index is 4.29. The molecule has 0 amide bonds. The first-order valence-electron chi connectivity index (χ1n) is 3.89. The van der Waals surface area contributed by atoms with E-state index >= 15 is 0 Å². The Labute approximate surface area is 72.6 Å². The van der Waals surface area contributed by atoms with Crippen molar-refractivity contribution >= 4 is 5.82 Å². The summed E-state index contributed by atoms with van der Waals surface area (Å²) in [6.45, 7) is 8.21. The van der Waals surface area contributed by atoms with Crippen molar-refractivity contribution < 1.29 is 0 Å². The summed E-state index contributed by atoms with van der Waals surface area (Å²) in [6.07, 6.45) is 3.52. The molecule has 0 aliphatic carbocycles. The Morgan fingerprint density at radius 3 is 2.83 bits per heavy atom. The van der Waals surface area contributed by atoms with Gasteiger partial charge in [0.25, 0.3) is 0 Å². The quantitative estimate of drug-likeness (QED) is 0.689. The molecule has 0 spiro atoms. The fraction of sp³-hybridized carbons (Fsp3) is 0.333. The van der Waals surface area contributed by atoms with Crippen LogP contribution < -0.4 is 5.32 Å². The van der Waals surface area contributed by atoms with Gasteiger partial charge in [-0.15, -0.1) is 6.58 Å². The number of aryl methyl sites for hydroxylation is 2. The third kappa shape index (κ3) is 2.05. The molecule has 12 heavy (non-hydrogen) atoms. The summed E-state index contributed by atoms with van der Waals surface area (Å²) in [4.78, 5) is 8.46. The largest absolute Gasteiger partial charge is 0.365 e. The lowest BCUT2D eigenvalue weighted by molar-refractivity contribution is 1.04. The molecule has 3 heteroatoms. The highest BCUT2D eigenvalue weighted by molar-refractivity contribution is 5.33. The highest BCUT2D eigenvalue weighted by Crippen LogP contribution is 2.04. The van der Waals surface area contributed by atoms with Crippen LogP contribution in [0.15, 0.2) is 18.9 Å². The Bertz CT molecular complexity index is 281. The molecule has 64 valence electrons. The maximum Gasteiger partial charge on any atom is 0.145 e. The second-order valence-corrected chi connectivity index (χ2v) is 2.60. The summed E-state index contributed by atoms with van der Waals surface area (Å²) in [7, 11) is 0. The predicted octanol–water partition coefficient (Wildman–Crippen LogP) is 1.69. The summed E-state index contributed by atoms with van der Waals surface area (Å²) < 4.78 is 0. The van der Waals surface area contributed by atoms with Crippen LogP contribution in [0.3, 0.4) is 0 Å². The third-order valence-electron chi connectivity index (χ3n) is 1.62. The van der Waals surface area contributed by atoms with Crippen LogP contribution in [0.1, 0.15) is 11.4 Å². The molecule has 0 saturated heterocycles. The highest BCUT2D eigenvalue weighted by Gasteiger charge is 1.96. The zero-order chi connectivity index (χ0) is 8.97. The number of nitrogens with zero attached hydrogens (tertiary/aromatic N) is 2. The van der Waals surface area contributed by atoms with E-state index in [-0.39, 0.29) is 0 Å². The molecule has 0 aromatic carbocycles. The van der Waals surface area contributed by atoms with Crippen molar-refractivity contribution in [1.82, 2.24) is 9.97 Å². The Balaban J connectivity index is 2.75. The van der Waals surface area contributed by atoms with Crippen LogP contribution in [-0.4, -0.2) is 16.5 Å². The van der Waals surface area contributed by atoms with Gasteiger partial charge in [0.05, 0.1) is 17.6 Å². The average molecular weight is 163 g/mol. The molecular weight excluding hydrogens is 150 g/mol. The summed E-state index contributed by atoms with van der Waals surface area (Å²) in [5.74, 6) is 0.804. The fourth-order valence-electron chi connectivity index (χ4n) is 0.804. The first-order chi connectivity index (χ1) is 5.74. The molecule has 0 aliphatic heterocycles. The van der Waals surface area contributed by atoms with Crippen molar-refractivity contribution in [3.63, 3.8) is 0 Å². The van der Waals surface area contributed by atoms with Crippen LogP contribution in [-0.2, 0) is 0 Å². The zero-order valence-electron chi connectivity index (χ0n) is 7.46. The first kappa shape index (κ1) is 8.71. The lowest BCUT2D eigenvalue weighted by Gasteiger charge is -2.03. The molecule has 0 saturated carbocycles. The Kier molecular flexibility index (Phi) is 2.80. The normalized spacial score (nSPS) is 9.50. The van der Waals surface area contributed by atoms with E-state index in [0.717, 1.165) is 23.8 Å². The minimum atomic E-state index is 0.719. The van der Waals surface area contributed by atoms with Crippen LogP contribution in [0, 0.1) is 13.8 Å². The number of hydrogen-bond acceptors (Lipinski definition) is 3. The van der Waals surface area contributed by atoms with Crippen LogP contribution in [0.4, 0.5) is 5.82 Å². The molecule has 0 aliphatic rings. The molecule has 1 rings (SSSR count).